The minimum atomic E-state index is -0.329. The standard InChI is InChI=1S/C20H21ClN6O/c1-3-22-19-23-13(2)12-18(27-19)24-15-8-10-17(11-9-15)26-20(28)25-16-6-4-14(21)5-7-16/h4-12H,3H2,1-2H3,(H2,25,26,28)(H2,22,23,24,27). The lowest BCUT2D eigenvalue weighted by atomic mass is 10.2. The molecule has 0 aliphatic rings. The first kappa shape index (κ1) is 19.4. The Bertz CT molecular complexity index is 944. The number of halogens is 1. The van der Waals surface area contributed by atoms with Crippen LogP contribution in [0.4, 0.5) is 33.6 Å². The fourth-order valence-electron chi connectivity index (χ4n) is 2.48. The van der Waals surface area contributed by atoms with Crippen LogP contribution in [0.15, 0.2) is 54.6 Å². The highest BCUT2D eigenvalue weighted by Crippen LogP contribution is 2.20. The molecule has 0 atom stereocenters. The van der Waals surface area contributed by atoms with Crippen LogP contribution in [0, 0.1) is 6.92 Å². The summed E-state index contributed by atoms with van der Waals surface area (Å²) in [7, 11) is 0. The Morgan fingerprint density at radius 3 is 2.11 bits per heavy atom. The number of carbonyl (C=O) groups is 1. The number of rotatable bonds is 6. The van der Waals surface area contributed by atoms with Gasteiger partial charge in [0, 0.05) is 40.4 Å². The molecular weight excluding hydrogens is 376 g/mol. The Hall–Kier alpha value is -3.32. The van der Waals surface area contributed by atoms with Gasteiger partial charge in [-0.25, -0.2) is 9.78 Å². The maximum Gasteiger partial charge on any atom is 0.323 e. The van der Waals surface area contributed by atoms with Gasteiger partial charge in [-0.05, 0) is 62.4 Å². The number of nitrogens with one attached hydrogen (secondary N) is 4. The van der Waals surface area contributed by atoms with Gasteiger partial charge in [-0.3, -0.25) is 0 Å². The summed E-state index contributed by atoms with van der Waals surface area (Å²) in [4.78, 5) is 20.8. The van der Waals surface area contributed by atoms with Crippen LogP contribution in [0.5, 0.6) is 0 Å². The quantitative estimate of drug-likeness (QED) is 0.456. The van der Waals surface area contributed by atoms with Crippen LogP contribution in [-0.2, 0) is 0 Å². The van der Waals surface area contributed by atoms with E-state index in [1.54, 1.807) is 24.3 Å². The number of aryl methyl sites for hydroxylation is 1. The van der Waals surface area contributed by atoms with Gasteiger partial charge < -0.3 is 21.3 Å². The lowest BCUT2D eigenvalue weighted by molar-refractivity contribution is 0.262. The smallest absolute Gasteiger partial charge is 0.323 e. The second-order valence-electron chi connectivity index (χ2n) is 6.04. The highest BCUT2D eigenvalue weighted by molar-refractivity contribution is 6.30. The molecule has 0 fully saturated rings. The lowest BCUT2D eigenvalue weighted by Crippen LogP contribution is -2.19. The SMILES string of the molecule is CCNc1nc(C)cc(Nc2ccc(NC(=O)Nc3ccc(Cl)cc3)cc2)n1. The number of benzene rings is 2. The van der Waals surface area contributed by atoms with Crippen LogP contribution in [0.3, 0.4) is 0 Å². The number of urea groups is 1. The monoisotopic (exact) mass is 396 g/mol. The molecule has 0 aliphatic carbocycles. The van der Waals surface area contributed by atoms with E-state index >= 15 is 0 Å². The zero-order valence-corrected chi connectivity index (χ0v) is 16.3. The highest BCUT2D eigenvalue weighted by Gasteiger charge is 2.05. The zero-order chi connectivity index (χ0) is 19.9. The van der Waals surface area contributed by atoms with Crippen molar-refractivity contribution in [2.24, 2.45) is 0 Å². The van der Waals surface area contributed by atoms with Crippen molar-refractivity contribution in [3.8, 4) is 0 Å². The molecule has 0 saturated heterocycles. The second kappa shape index (κ2) is 9.05. The molecule has 3 aromatic rings. The van der Waals surface area contributed by atoms with Crippen LogP contribution >= 0.6 is 11.6 Å². The van der Waals surface area contributed by atoms with Gasteiger partial charge in [0.05, 0.1) is 0 Å². The van der Waals surface area contributed by atoms with Gasteiger partial charge in [-0.1, -0.05) is 11.6 Å². The number of nitrogens with zero attached hydrogens (tertiary/aromatic N) is 2. The highest BCUT2D eigenvalue weighted by atomic mass is 35.5. The Balaban J connectivity index is 1.60. The average molecular weight is 397 g/mol. The van der Waals surface area contributed by atoms with Gasteiger partial charge in [-0.2, -0.15) is 4.98 Å². The van der Waals surface area contributed by atoms with Crippen molar-refractivity contribution in [2.45, 2.75) is 13.8 Å². The molecule has 28 heavy (non-hydrogen) atoms. The summed E-state index contributed by atoms with van der Waals surface area (Å²) in [5.74, 6) is 1.28. The molecule has 7 nitrogen and oxygen atoms in total. The van der Waals surface area contributed by atoms with E-state index < -0.39 is 0 Å². The lowest BCUT2D eigenvalue weighted by Gasteiger charge is -2.11. The van der Waals surface area contributed by atoms with Gasteiger partial charge in [0.25, 0.3) is 0 Å². The van der Waals surface area contributed by atoms with Crippen LogP contribution in [0.2, 0.25) is 5.02 Å². The molecule has 1 aromatic heterocycles. The first-order valence-corrected chi connectivity index (χ1v) is 9.20. The number of hydrogen-bond acceptors (Lipinski definition) is 5. The summed E-state index contributed by atoms with van der Waals surface area (Å²) >= 11 is 5.84. The molecule has 8 heteroatoms. The summed E-state index contributed by atoms with van der Waals surface area (Å²) in [5, 5.41) is 12.5. The summed E-state index contributed by atoms with van der Waals surface area (Å²) < 4.78 is 0. The molecule has 4 N–H and O–H groups in total. The van der Waals surface area contributed by atoms with Crippen LogP contribution in [-0.4, -0.2) is 22.5 Å². The molecule has 2 amide bonds. The summed E-state index contributed by atoms with van der Waals surface area (Å²) in [6, 6.07) is 15.8. The molecular formula is C20H21ClN6O. The molecule has 0 saturated carbocycles. The van der Waals surface area contributed by atoms with Crippen molar-refractivity contribution < 1.29 is 4.79 Å². The summed E-state index contributed by atoms with van der Waals surface area (Å²) in [6.45, 7) is 4.66. The van der Waals surface area contributed by atoms with Crippen LogP contribution in [0.1, 0.15) is 12.6 Å². The number of hydrogen-bond donors (Lipinski definition) is 4. The molecule has 0 bridgehead atoms. The van der Waals surface area contributed by atoms with Gasteiger partial charge >= 0.3 is 6.03 Å². The van der Waals surface area contributed by atoms with E-state index in [4.69, 9.17) is 11.6 Å². The largest absolute Gasteiger partial charge is 0.354 e. The van der Waals surface area contributed by atoms with Gasteiger partial charge in [0.2, 0.25) is 5.95 Å². The van der Waals surface area contributed by atoms with E-state index in [1.165, 1.54) is 0 Å². The third-order valence-electron chi connectivity index (χ3n) is 3.71. The van der Waals surface area contributed by atoms with E-state index in [9.17, 15) is 4.79 Å². The predicted molar refractivity (Wildman–Crippen MR) is 115 cm³/mol. The Labute approximate surface area is 168 Å². The number of carbonyl (C=O) groups excluding carboxylic acids is 1. The molecule has 0 aliphatic heterocycles. The van der Waals surface area contributed by atoms with E-state index in [0.717, 1.165) is 17.9 Å². The van der Waals surface area contributed by atoms with E-state index in [0.29, 0.717) is 28.2 Å². The molecule has 0 unspecified atom stereocenters. The molecule has 144 valence electrons. The first-order chi connectivity index (χ1) is 13.5. The first-order valence-electron chi connectivity index (χ1n) is 8.82. The fourth-order valence-corrected chi connectivity index (χ4v) is 2.61. The van der Waals surface area contributed by atoms with Crippen LogP contribution in [0.25, 0.3) is 0 Å². The zero-order valence-electron chi connectivity index (χ0n) is 15.6. The predicted octanol–water partition coefficient (Wildman–Crippen LogP) is 5.26. The van der Waals surface area contributed by atoms with E-state index in [-0.39, 0.29) is 6.03 Å². The number of anilines is 5. The molecule has 3 rings (SSSR count). The van der Waals surface area contributed by atoms with Crippen molar-refractivity contribution in [3.63, 3.8) is 0 Å². The molecule has 2 aromatic carbocycles. The average Bonchev–Trinajstić information content (AvgIpc) is 2.65. The Kier molecular flexibility index (Phi) is 6.29. The maximum absolute atomic E-state index is 12.1. The third-order valence-corrected chi connectivity index (χ3v) is 3.96. The number of amides is 2. The normalized spacial score (nSPS) is 10.2. The van der Waals surface area contributed by atoms with Crippen molar-refractivity contribution in [3.05, 3.63) is 65.3 Å². The van der Waals surface area contributed by atoms with Gasteiger partial charge in [-0.15, -0.1) is 0 Å². The van der Waals surface area contributed by atoms with Gasteiger partial charge in [0.15, 0.2) is 0 Å². The number of aromatic nitrogens is 2. The summed E-state index contributed by atoms with van der Waals surface area (Å²) in [6.07, 6.45) is 0. The minimum absolute atomic E-state index is 0.329. The van der Waals surface area contributed by atoms with Crippen molar-refractivity contribution in [1.29, 1.82) is 0 Å². The fraction of sp³-hybridized carbons (Fsp3) is 0.150. The summed E-state index contributed by atoms with van der Waals surface area (Å²) in [5.41, 5.74) is 3.05. The van der Waals surface area contributed by atoms with Crippen molar-refractivity contribution in [2.75, 3.05) is 27.8 Å². The van der Waals surface area contributed by atoms with Crippen molar-refractivity contribution >= 4 is 46.5 Å². The van der Waals surface area contributed by atoms with Crippen LogP contribution < -0.4 is 21.3 Å². The topological polar surface area (TPSA) is 91.0 Å². The molecule has 1 heterocycles. The van der Waals surface area contributed by atoms with E-state index in [2.05, 4.69) is 31.2 Å². The molecule has 0 radical (unpaired) electrons. The van der Waals surface area contributed by atoms with E-state index in [1.807, 2.05) is 44.2 Å². The Morgan fingerprint density at radius 2 is 1.50 bits per heavy atom. The van der Waals surface area contributed by atoms with Crippen molar-refractivity contribution in [1.82, 2.24) is 9.97 Å². The maximum atomic E-state index is 12.1. The van der Waals surface area contributed by atoms with Gasteiger partial charge in [0.1, 0.15) is 5.82 Å². The second-order valence-corrected chi connectivity index (χ2v) is 6.47. The minimum Gasteiger partial charge on any atom is -0.354 e. The molecule has 0 spiro atoms. The third kappa shape index (κ3) is 5.59. The Morgan fingerprint density at radius 1 is 0.929 bits per heavy atom.